The molecule has 6 atom stereocenters. The van der Waals surface area contributed by atoms with Crippen molar-refractivity contribution in [3.63, 3.8) is 0 Å². The van der Waals surface area contributed by atoms with Crippen LogP contribution >= 0.6 is 7.75 Å². The van der Waals surface area contributed by atoms with Crippen LogP contribution in [-0.4, -0.2) is 65.8 Å². The average molecular weight is 447 g/mol. The Kier molecular flexibility index (Phi) is 3.78. The van der Waals surface area contributed by atoms with Gasteiger partial charge in [0.25, 0.3) is 0 Å². The Balaban J connectivity index is 1.34. The lowest BCUT2D eigenvalue weighted by Crippen LogP contribution is -2.33. The number of hydrogen-bond donors (Lipinski definition) is 2. The molecule has 0 radical (unpaired) electrons. The van der Waals surface area contributed by atoms with Crippen molar-refractivity contribution >= 4 is 30.9 Å². The zero-order valence-electron chi connectivity index (χ0n) is 16.2. The second-order valence-electron chi connectivity index (χ2n) is 7.91. The molecular formula is C17H18N7O6P. The normalized spacial score (nSPS) is 32.8. The lowest BCUT2D eigenvalue weighted by atomic mass is 10.0. The van der Waals surface area contributed by atoms with Crippen LogP contribution in [0, 0.1) is 11.3 Å². The van der Waals surface area contributed by atoms with Crippen LogP contribution in [-0.2, 0) is 18.6 Å². The maximum atomic E-state index is 12.6. The van der Waals surface area contributed by atoms with E-state index in [-0.39, 0.29) is 18.6 Å². The zero-order valence-corrected chi connectivity index (χ0v) is 17.1. The molecule has 2 N–H and O–H groups in total. The maximum absolute atomic E-state index is 12.6. The van der Waals surface area contributed by atoms with Gasteiger partial charge >= 0.3 is 13.9 Å². The summed E-state index contributed by atoms with van der Waals surface area (Å²) >= 11 is 0. The lowest BCUT2D eigenvalue weighted by Gasteiger charge is -2.22. The van der Waals surface area contributed by atoms with Crippen molar-refractivity contribution in [1.82, 2.24) is 28.8 Å². The summed E-state index contributed by atoms with van der Waals surface area (Å²) in [5.41, 5.74) is 0.567. The number of imidazole rings is 2. The number of carbonyl (C=O) groups excluding carboxylic acids is 1. The van der Waals surface area contributed by atoms with Crippen molar-refractivity contribution in [3.8, 4) is 0 Å². The summed E-state index contributed by atoms with van der Waals surface area (Å²) in [4.78, 5) is 39.0. The van der Waals surface area contributed by atoms with Gasteiger partial charge in [0.05, 0.1) is 19.0 Å². The Hall–Kier alpha value is -3.02. The number of rotatable bonds is 6. The van der Waals surface area contributed by atoms with E-state index in [1.807, 2.05) is 4.57 Å². The zero-order chi connectivity index (χ0) is 21.4. The number of nitrogens with zero attached hydrogens (tertiary/aromatic N) is 6. The monoisotopic (exact) mass is 447 g/mol. The largest absolute Gasteiger partial charge is 0.509 e. The van der Waals surface area contributed by atoms with Crippen LogP contribution in [0.25, 0.3) is 11.2 Å². The van der Waals surface area contributed by atoms with Gasteiger partial charge in [0, 0.05) is 24.9 Å². The van der Waals surface area contributed by atoms with Crippen LogP contribution in [0.4, 0.5) is 10.6 Å². The summed E-state index contributed by atoms with van der Waals surface area (Å²) in [7, 11) is -2.38. The van der Waals surface area contributed by atoms with Crippen LogP contribution in [0.15, 0.2) is 31.4 Å². The van der Waals surface area contributed by atoms with Gasteiger partial charge in [-0.3, -0.25) is 4.52 Å². The molecule has 2 aliphatic carbocycles. The van der Waals surface area contributed by atoms with E-state index in [9.17, 15) is 14.3 Å². The Morgan fingerprint density at radius 1 is 1.35 bits per heavy atom. The first-order chi connectivity index (χ1) is 14.9. The van der Waals surface area contributed by atoms with Gasteiger partial charge in [-0.25, -0.2) is 33.6 Å². The second kappa shape index (κ2) is 6.25. The topological polar surface area (TPSA) is 156 Å². The van der Waals surface area contributed by atoms with E-state index in [1.54, 1.807) is 13.4 Å². The van der Waals surface area contributed by atoms with Crippen molar-refractivity contribution in [2.24, 2.45) is 11.3 Å². The lowest BCUT2D eigenvalue weighted by molar-refractivity contribution is 0.0609. The number of carbonyl (C=O) groups is 1. The molecule has 4 heterocycles. The van der Waals surface area contributed by atoms with E-state index in [2.05, 4.69) is 25.3 Å². The molecule has 162 valence electrons. The minimum absolute atomic E-state index is 0.0104. The number of anilines is 1. The number of hydrogen-bond acceptors (Lipinski definition) is 10. The highest BCUT2D eigenvalue weighted by Crippen LogP contribution is 2.71. The number of fused-ring (bicyclic) bond motifs is 4. The molecule has 0 spiro atoms. The third-order valence-electron chi connectivity index (χ3n) is 6.45. The van der Waals surface area contributed by atoms with E-state index in [1.165, 1.54) is 25.0 Å². The second-order valence-corrected chi connectivity index (χ2v) is 9.61. The molecule has 1 aliphatic heterocycles. The molecular weight excluding hydrogens is 429 g/mol. The highest BCUT2D eigenvalue weighted by molar-refractivity contribution is 7.51. The molecule has 0 bridgehead atoms. The summed E-state index contributed by atoms with van der Waals surface area (Å²) in [6.07, 6.45) is 5.76. The molecule has 0 amide bonds. The number of aromatic nitrogens is 6. The van der Waals surface area contributed by atoms with E-state index < -0.39 is 31.5 Å². The summed E-state index contributed by atoms with van der Waals surface area (Å²) in [6.45, 7) is -0.0681. The minimum Gasteiger partial charge on any atom is -0.426 e. The summed E-state index contributed by atoms with van der Waals surface area (Å²) < 4.78 is 31.9. The van der Waals surface area contributed by atoms with Crippen molar-refractivity contribution < 1.29 is 28.3 Å². The first-order valence-electron chi connectivity index (χ1n) is 9.63. The fourth-order valence-corrected chi connectivity index (χ4v) is 5.92. The molecule has 3 aromatic heterocycles. The summed E-state index contributed by atoms with van der Waals surface area (Å²) in [5, 5.41) is 2.98. The van der Waals surface area contributed by atoms with Crippen LogP contribution in [0.5, 0.6) is 0 Å². The number of ether oxygens (including phenoxy) is 2. The van der Waals surface area contributed by atoms with Crippen molar-refractivity contribution in [3.05, 3.63) is 31.4 Å². The molecule has 2 saturated carbocycles. The van der Waals surface area contributed by atoms with Crippen LogP contribution in [0.1, 0.15) is 12.5 Å². The average Bonchev–Trinajstić information content (AvgIpc) is 3.25. The summed E-state index contributed by atoms with van der Waals surface area (Å²) in [6, 6.07) is -0.295. The minimum atomic E-state index is -4.12. The maximum Gasteiger partial charge on any atom is 0.509 e. The van der Waals surface area contributed by atoms with E-state index in [0.717, 1.165) is 4.34 Å². The van der Waals surface area contributed by atoms with E-state index in [0.29, 0.717) is 23.4 Å². The fraction of sp³-hybridized carbons (Fsp3) is 0.471. The summed E-state index contributed by atoms with van der Waals surface area (Å²) in [5.74, 6) is 0.577. The predicted molar refractivity (Wildman–Crippen MR) is 103 cm³/mol. The quantitative estimate of drug-likeness (QED) is 0.413. The third-order valence-corrected chi connectivity index (χ3v) is 7.73. The van der Waals surface area contributed by atoms with Gasteiger partial charge in [-0.2, -0.15) is 0 Å². The van der Waals surface area contributed by atoms with Crippen molar-refractivity contribution in [2.45, 2.75) is 24.7 Å². The molecule has 6 rings (SSSR count). The number of nitrogens with one attached hydrogen (secondary N) is 1. The molecule has 3 aromatic rings. The van der Waals surface area contributed by atoms with Crippen LogP contribution in [0.3, 0.4) is 0 Å². The SMILES string of the molecule is CNc1ncnc2c1ncn2[C@H]1[C@@H]2OC(=O)O[C@@H]2[C@]2(COP(=O)(O)n3ccnc3)C[C@H]12. The molecule has 1 unspecified atom stereocenters. The van der Waals surface area contributed by atoms with Gasteiger partial charge in [-0.15, -0.1) is 0 Å². The van der Waals surface area contributed by atoms with Gasteiger partial charge < -0.3 is 24.3 Å². The van der Waals surface area contributed by atoms with Gasteiger partial charge in [0.1, 0.15) is 18.2 Å². The first-order valence-corrected chi connectivity index (χ1v) is 11.2. The van der Waals surface area contributed by atoms with Gasteiger partial charge in [0.15, 0.2) is 23.7 Å². The predicted octanol–water partition coefficient (Wildman–Crippen LogP) is 1.19. The molecule has 13 nitrogen and oxygen atoms in total. The van der Waals surface area contributed by atoms with Crippen LogP contribution in [0.2, 0.25) is 0 Å². The van der Waals surface area contributed by atoms with Crippen molar-refractivity contribution in [2.75, 3.05) is 19.0 Å². The fourth-order valence-electron chi connectivity index (χ4n) is 4.96. The van der Waals surface area contributed by atoms with E-state index in [4.69, 9.17) is 14.0 Å². The molecule has 14 heteroatoms. The van der Waals surface area contributed by atoms with Gasteiger partial charge in [0.2, 0.25) is 0 Å². The van der Waals surface area contributed by atoms with Gasteiger partial charge in [-0.05, 0) is 12.3 Å². The van der Waals surface area contributed by atoms with Crippen LogP contribution < -0.4 is 5.32 Å². The third kappa shape index (κ3) is 2.57. The van der Waals surface area contributed by atoms with Gasteiger partial charge in [-0.1, -0.05) is 0 Å². The Morgan fingerprint density at radius 3 is 3.00 bits per heavy atom. The molecule has 31 heavy (non-hydrogen) atoms. The smallest absolute Gasteiger partial charge is 0.426 e. The highest BCUT2D eigenvalue weighted by Gasteiger charge is 2.77. The highest BCUT2D eigenvalue weighted by atomic mass is 31.2. The van der Waals surface area contributed by atoms with E-state index >= 15 is 0 Å². The molecule has 0 aromatic carbocycles. The standard InChI is InChI=1S/C17H18N7O6P/c1-18-14-10-15(21-6-20-14)24(8-22-10)11-9-4-17(9,13-12(11)29-16(25)30-13)5-28-31(26,27)23-3-2-19-7-23/h2-3,6-9,11-13H,4-5H2,1H3,(H,26,27)(H,18,20,21)/t9-,11-,12+,13+,17+/m1/s1. The Labute approximate surface area is 175 Å². The Morgan fingerprint density at radius 2 is 2.23 bits per heavy atom. The molecule has 3 aliphatic rings. The van der Waals surface area contributed by atoms with Crippen molar-refractivity contribution in [1.29, 1.82) is 0 Å². The molecule has 3 fully saturated rings. The molecule has 1 saturated heterocycles. The first kappa shape index (κ1) is 18.7. The Bertz CT molecular complexity index is 1230.